The smallest absolute Gasteiger partial charge is 0.0620 e. The van der Waals surface area contributed by atoms with Crippen molar-refractivity contribution in [3.8, 4) is 22.3 Å². The molecule has 0 aliphatic carbocycles. The first kappa shape index (κ1) is 24.7. The Hall–Kier alpha value is -5.86. The van der Waals surface area contributed by atoms with Gasteiger partial charge in [-0.05, 0) is 76.4 Å². The molecule has 0 spiro atoms. The molecular formula is C42H28N2. The molecule has 2 heteroatoms. The lowest BCUT2D eigenvalue weighted by molar-refractivity contribution is 1.27. The molecule has 0 saturated carbocycles. The van der Waals surface area contributed by atoms with E-state index in [0.29, 0.717) is 0 Å². The standard InChI is InChI=1S/C42H28N2/c1-28-11-7-8-24-43(33-15-9-14-30(25-33)29-12-3-2-4-13-29)39-22-20-31(26-37(28)39)32-21-23-41-38(27-32)36-18-10-17-35-34-16-5-6-19-40(34)44(41)42(35)36/h2-27H,1H2/b11-7-,24-8-. The number of benzene rings is 6. The third-order valence-corrected chi connectivity index (χ3v) is 9.03. The van der Waals surface area contributed by atoms with Gasteiger partial charge in [-0.25, -0.2) is 0 Å². The Bertz CT molecular complexity index is 2460. The number of anilines is 2. The zero-order chi connectivity index (χ0) is 29.2. The molecule has 1 aliphatic rings. The number of aromatic nitrogens is 1. The highest BCUT2D eigenvalue weighted by molar-refractivity contribution is 6.23. The second kappa shape index (κ2) is 9.58. The highest BCUT2D eigenvalue weighted by Crippen LogP contribution is 2.42. The van der Waals surface area contributed by atoms with Crippen LogP contribution in [-0.4, -0.2) is 4.40 Å². The van der Waals surface area contributed by atoms with E-state index in [0.717, 1.165) is 22.5 Å². The third kappa shape index (κ3) is 3.68. The first-order chi connectivity index (χ1) is 21.7. The molecule has 3 heterocycles. The molecule has 2 aromatic heterocycles. The van der Waals surface area contributed by atoms with Gasteiger partial charge in [0.2, 0.25) is 0 Å². The third-order valence-electron chi connectivity index (χ3n) is 9.03. The summed E-state index contributed by atoms with van der Waals surface area (Å²) in [6, 6.07) is 48.3. The van der Waals surface area contributed by atoms with E-state index in [-0.39, 0.29) is 0 Å². The maximum Gasteiger partial charge on any atom is 0.0620 e. The van der Waals surface area contributed by atoms with Crippen LogP contribution in [-0.2, 0) is 0 Å². The van der Waals surface area contributed by atoms with Gasteiger partial charge in [-0.2, -0.15) is 0 Å². The van der Waals surface area contributed by atoms with Crippen LogP contribution < -0.4 is 4.90 Å². The van der Waals surface area contributed by atoms with E-state index in [1.54, 1.807) is 0 Å². The minimum absolute atomic E-state index is 0.990. The van der Waals surface area contributed by atoms with E-state index in [1.807, 2.05) is 0 Å². The number of hydrogen-bond acceptors (Lipinski definition) is 1. The molecule has 206 valence electrons. The fourth-order valence-electron chi connectivity index (χ4n) is 6.96. The minimum Gasteiger partial charge on any atom is -0.317 e. The summed E-state index contributed by atoms with van der Waals surface area (Å²) in [5.41, 5.74) is 12.9. The second-order valence-corrected chi connectivity index (χ2v) is 11.5. The molecule has 0 unspecified atom stereocenters. The zero-order valence-electron chi connectivity index (χ0n) is 24.1. The van der Waals surface area contributed by atoms with Crippen LogP contribution >= 0.6 is 0 Å². The van der Waals surface area contributed by atoms with Gasteiger partial charge in [0.1, 0.15) is 0 Å². The number of nitrogens with zero attached hydrogens (tertiary/aromatic N) is 2. The molecule has 44 heavy (non-hydrogen) atoms. The van der Waals surface area contributed by atoms with Crippen molar-refractivity contribution in [1.82, 2.24) is 4.40 Å². The Morgan fingerprint density at radius 2 is 1.16 bits per heavy atom. The van der Waals surface area contributed by atoms with Crippen LogP contribution in [0.1, 0.15) is 5.56 Å². The van der Waals surface area contributed by atoms with Crippen LogP contribution in [0.4, 0.5) is 11.4 Å². The van der Waals surface area contributed by atoms with Crippen molar-refractivity contribution in [2.24, 2.45) is 0 Å². The fourth-order valence-corrected chi connectivity index (χ4v) is 6.96. The molecule has 0 amide bonds. The van der Waals surface area contributed by atoms with Crippen LogP contribution in [0.3, 0.4) is 0 Å². The van der Waals surface area contributed by atoms with Gasteiger partial charge in [0.15, 0.2) is 0 Å². The van der Waals surface area contributed by atoms with Crippen molar-refractivity contribution in [1.29, 1.82) is 0 Å². The first-order valence-electron chi connectivity index (χ1n) is 15.0. The summed E-state index contributed by atoms with van der Waals surface area (Å²) in [4.78, 5) is 2.27. The summed E-state index contributed by atoms with van der Waals surface area (Å²) in [7, 11) is 0. The van der Waals surface area contributed by atoms with Crippen LogP contribution in [0.2, 0.25) is 0 Å². The van der Waals surface area contributed by atoms with E-state index < -0.39 is 0 Å². The van der Waals surface area contributed by atoms with E-state index in [1.165, 1.54) is 60.3 Å². The van der Waals surface area contributed by atoms with Gasteiger partial charge in [-0.3, -0.25) is 0 Å². The largest absolute Gasteiger partial charge is 0.317 e. The van der Waals surface area contributed by atoms with Gasteiger partial charge in [-0.15, -0.1) is 0 Å². The lowest BCUT2D eigenvalue weighted by Gasteiger charge is -2.26. The maximum absolute atomic E-state index is 4.47. The normalized spacial score (nSPS) is 14.7. The van der Waals surface area contributed by atoms with E-state index >= 15 is 0 Å². The average molecular weight is 561 g/mol. The molecule has 0 radical (unpaired) electrons. The van der Waals surface area contributed by atoms with E-state index in [4.69, 9.17) is 0 Å². The summed E-state index contributed by atoms with van der Waals surface area (Å²) in [6.07, 6.45) is 8.39. The molecule has 6 aromatic carbocycles. The topological polar surface area (TPSA) is 7.65 Å². The molecule has 0 N–H and O–H groups in total. The summed E-state index contributed by atoms with van der Waals surface area (Å²) in [5, 5.41) is 5.19. The molecule has 2 nitrogen and oxygen atoms in total. The minimum atomic E-state index is 0.990. The maximum atomic E-state index is 4.47. The highest BCUT2D eigenvalue weighted by atomic mass is 15.1. The van der Waals surface area contributed by atoms with Crippen LogP contribution in [0.5, 0.6) is 0 Å². The van der Waals surface area contributed by atoms with Gasteiger partial charge in [0.25, 0.3) is 0 Å². The number of hydrogen-bond donors (Lipinski definition) is 0. The van der Waals surface area contributed by atoms with Gasteiger partial charge in [0, 0.05) is 39.0 Å². The van der Waals surface area contributed by atoms with Crippen molar-refractivity contribution >= 4 is 55.0 Å². The molecule has 1 aliphatic heterocycles. The van der Waals surface area contributed by atoms with E-state index in [9.17, 15) is 0 Å². The predicted octanol–water partition coefficient (Wildman–Crippen LogP) is 11.4. The number of fused-ring (bicyclic) bond motifs is 7. The Kier molecular flexibility index (Phi) is 5.38. The van der Waals surface area contributed by atoms with Gasteiger partial charge in [0.05, 0.1) is 22.2 Å². The first-order valence-corrected chi connectivity index (χ1v) is 15.0. The average Bonchev–Trinajstić information content (AvgIpc) is 3.60. The Balaban J connectivity index is 1.19. The summed E-state index contributed by atoms with van der Waals surface area (Å²) < 4.78 is 2.43. The number of para-hydroxylation sites is 2. The molecule has 8 aromatic rings. The highest BCUT2D eigenvalue weighted by Gasteiger charge is 2.19. The summed E-state index contributed by atoms with van der Waals surface area (Å²) >= 11 is 0. The van der Waals surface area contributed by atoms with Crippen molar-refractivity contribution in [3.05, 3.63) is 170 Å². The van der Waals surface area contributed by atoms with Crippen molar-refractivity contribution < 1.29 is 0 Å². The Morgan fingerprint density at radius 3 is 2.07 bits per heavy atom. The quantitative estimate of drug-likeness (QED) is 0.209. The predicted molar refractivity (Wildman–Crippen MR) is 188 cm³/mol. The number of rotatable bonds is 3. The Labute approximate surface area is 256 Å². The lowest BCUT2D eigenvalue weighted by atomic mass is 9.95. The fraction of sp³-hybridized carbons (Fsp3) is 0. The molecule has 0 fully saturated rings. The van der Waals surface area contributed by atoms with Crippen molar-refractivity contribution in [2.45, 2.75) is 0 Å². The van der Waals surface area contributed by atoms with Crippen LogP contribution in [0.25, 0.3) is 65.9 Å². The van der Waals surface area contributed by atoms with E-state index in [2.05, 4.69) is 174 Å². The summed E-state index contributed by atoms with van der Waals surface area (Å²) in [6.45, 7) is 4.47. The SMILES string of the molecule is C=C1/C=C\C=C/N(c2cccc(-c3ccccc3)c2)c2ccc(-c3ccc4c(c3)c3cccc5c6ccccc6n4c53)cc21. The second-order valence-electron chi connectivity index (χ2n) is 11.5. The summed E-state index contributed by atoms with van der Waals surface area (Å²) in [5.74, 6) is 0. The molecule has 9 rings (SSSR count). The molecular weight excluding hydrogens is 532 g/mol. The van der Waals surface area contributed by atoms with Gasteiger partial charge >= 0.3 is 0 Å². The van der Waals surface area contributed by atoms with Crippen molar-refractivity contribution in [2.75, 3.05) is 4.90 Å². The molecule has 0 bridgehead atoms. The molecule has 0 atom stereocenters. The van der Waals surface area contributed by atoms with Crippen molar-refractivity contribution in [3.63, 3.8) is 0 Å². The zero-order valence-corrected chi connectivity index (χ0v) is 24.1. The Morgan fingerprint density at radius 1 is 0.477 bits per heavy atom. The van der Waals surface area contributed by atoms with Gasteiger partial charge in [-0.1, -0.05) is 110 Å². The van der Waals surface area contributed by atoms with Gasteiger partial charge < -0.3 is 9.30 Å². The molecule has 0 saturated heterocycles. The lowest BCUT2D eigenvalue weighted by Crippen LogP contribution is -2.11. The van der Waals surface area contributed by atoms with Crippen LogP contribution in [0, 0.1) is 0 Å². The monoisotopic (exact) mass is 560 g/mol. The van der Waals surface area contributed by atoms with Crippen LogP contribution in [0.15, 0.2) is 164 Å². The number of allylic oxidation sites excluding steroid dienone is 4.